The summed E-state index contributed by atoms with van der Waals surface area (Å²) in [6.07, 6.45) is 6.19. The minimum atomic E-state index is -0.732. The monoisotopic (exact) mass is 518 g/mol. The number of methoxy groups -OCH3 is 1. The molecule has 9 nitrogen and oxygen atoms in total. The van der Waals surface area contributed by atoms with Crippen molar-refractivity contribution in [2.45, 2.75) is 57.3 Å². The van der Waals surface area contributed by atoms with Crippen molar-refractivity contribution in [3.63, 3.8) is 0 Å². The summed E-state index contributed by atoms with van der Waals surface area (Å²) in [6.45, 7) is 0. The number of esters is 1. The molecular weight excluding hydrogens is 492 g/mol. The summed E-state index contributed by atoms with van der Waals surface area (Å²) in [5.74, 6) is -1.11. The summed E-state index contributed by atoms with van der Waals surface area (Å²) < 4.78 is 5.18. The Balaban J connectivity index is 1.74. The molecule has 0 spiro atoms. The second kappa shape index (κ2) is 9.82. The van der Waals surface area contributed by atoms with Crippen LogP contribution in [-0.2, 0) is 22.4 Å². The van der Waals surface area contributed by atoms with Crippen LogP contribution in [0, 0.1) is 21.4 Å². The molecule has 2 N–H and O–H groups in total. The fourth-order valence-corrected chi connectivity index (χ4v) is 7.05. The third kappa shape index (κ3) is 4.09. The third-order valence-electron chi connectivity index (χ3n) is 7.35. The first kappa shape index (κ1) is 24.7. The maximum Gasteiger partial charge on any atom is 0.341 e. The standard InChI is InChI=1S/C27H26N4O5S/c1-36-27(33)23-17-6-3-2-4-9-21(17)37-26(23)30-19-7-5-8-20(32)24(19)22(18(14-28)25(30)29)15-10-12-16(13-11-15)31(34)35/h10-13,22H,2-9,29H2,1H3. The van der Waals surface area contributed by atoms with E-state index in [1.54, 1.807) is 17.0 Å². The van der Waals surface area contributed by atoms with Crippen LogP contribution in [0.25, 0.3) is 0 Å². The number of rotatable bonds is 4. The van der Waals surface area contributed by atoms with Gasteiger partial charge in [0.25, 0.3) is 5.69 Å². The fraction of sp³-hybridized carbons (Fsp3) is 0.370. The molecule has 2 heterocycles. The van der Waals surface area contributed by atoms with Gasteiger partial charge in [-0.3, -0.25) is 19.8 Å². The number of fused-ring (bicyclic) bond motifs is 1. The highest BCUT2D eigenvalue weighted by Crippen LogP contribution is 2.50. The van der Waals surface area contributed by atoms with E-state index >= 15 is 0 Å². The van der Waals surface area contributed by atoms with Crippen LogP contribution >= 0.6 is 11.3 Å². The number of benzene rings is 1. The minimum absolute atomic E-state index is 0.0800. The van der Waals surface area contributed by atoms with Crippen LogP contribution in [0.15, 0.2) is 46.9 Å². The lowest BCUT2D eigenvalue weighted by molar-refractivity contribution is -0.384. The maximum atomic E-state index is 13.4. The van der Waals surface area contributed by atoms with Crippen molar-refractivity contribution in [1.29, 1.82) is 5.26 Å². The molecule has 2 aliphatic carbocycles. The molecule has 1 atom stereocenters. The molecule has 0 radical (unpaired) electrons. The molecule has 1 aromatic heterocycles. The Kier molecular flexibility index (Phi) is 6.56. The summed E-state index contributed by atoms with van der Waals surface area (Å²) in [5.41, 5.74) is 9.97. The van der Waals surface area contributed by atoms with Crippen LogP contribution in [-0.4, -0.2) is 23.8 Å². The Labute approximate surface area is 218 Å². The Bertz CT molecular complexity index is 1410. The number of thiophene rings is 1. The van der Waals surface area contributed by atoms with E-state index in [1.165, 1.54) is 30.6 Å². The highest BCUT2D eigenvalue weighted by Gasteiger charge is 2.42. The number of non-ortho nitro benzene ring substituents is 1. The highest BCUT2D eigenvalue weighted by atomic mass is 32.1. The van der Waals surface area contributed by atoms with Crippen LogP contribution in [0.5, 0.6) is 0 Å². The molecular formula is C27H26N4O5S. The van der Waals surface area contributed by atoms with Crippen LogP contribution in [0.1, 0.15) is 70.8 Å². The molecule has 0 saturated carbocycles. The van der Waals surface area contributed by atoms with Crippen molar-refractivity contribution in [1.82, 2.24) is 0 Å². The summed E-state index contributed by atoms with van der Waals surface area (Å²) in [5, 5.41) is 22.0. The van der Waals surface area contributed by atoms with Crippen molar-refractivity contribution in [2.75, 3.05) is 12.0 Å². The van der Waals surface area contributed by atoms with Crippen LogP contribution in [0.2, 0.25) is 0 Å². The number of carbonyl (C=O) groups is 2. The predicted octanol–water partition coefficient (Wildman–Crippen LogP) is 5.02. The average molecular weight is 519 g/mol. The summed E-state index contributed by atoms with van der Waals surface area (Å²) >= 11 is 1.48. The zero-order chi connectivity index (χ0) is 26.3. The van der Waals surface area contributed by atoms with Gasteiger partial charge in [-0.15, -0.1) is 11.3 Å². The number of anilines is 1. The number of carbonyl (C=O) groups excluding carboxylic acids is 2. The number of Topliss-reactive ketones (excluding diaryl/α,β-unsaturated/α-hetero) is 1. The molecule has 0 bridgehead atoms. The van der Waals surface area contributed by atoms with Gasteiger partial charge in [0.05, 0.1) is 35.2 Å². The third-order valence-corrected chi connectivity index (χ3v) is 8.62. The maximum absolute atomic E-state index is 13.4. The lowest BCUT2D eigenvalue weighted by atomic mass is 9.75. The molecule has 37 heavy (non-hydrogen) atoms. The van der Waals surface area contributed by atoms with Gasteiger partial charge >= 0.3 is 5.97 Å². The highest BCUT2D eigenvalue weighted by molar-refractivity contribution is 7.16. The number of nitriles is 1. The van der Waals surface area contributed by atoms with Gasteiger partial charge in [0.15, 0.2) is 5.78 Å². The van der Waals surface area contributed by atoms with Gasteiger partial charge in [-0.1, -0.05) is 18.6 Å². The molecule has 2 aromatic rings. The van der Waals surface area contributed by atoms with Gasteiger partial charge < -0.3 is 10.5 Å². The fourth-order valence-electron chi connectivity index (χ4n) is 5.64. The molecule has 1 unspecified atom stereocenters. The smallest absolute Gasteiger partial charge is 0.341 e. The van der Waals surface area contributed by atoms with Gasteiger partial charge in [-0.25, -0.2) is 4.79 Å². The first-order valence-electron chi connectivity index (χ1n) is 12.3. The largest absolute Gasteiger partial charge is 0.465 e. The molecule has 0 fully saturated rings. The van der Waals surface area contributed by atoms with Crippen LogP contribution in [0.3, 0.4) is 0 Å². The van der Waals surface area contributed by atoms with E-state index < -0.39 is 16.8 Å². The second-order valence-corrected chi connectivity index (χ2v) is 10.5. The molecule has 1 aliphatic heterocycles. The number of nitro benzene ring substituents is 1. The average Bonchev–Trinajstić information content (AvgIpc) is 3.09. The van der Waals surface area contributed by atoms with Crippen molar-refractivity contribution in [3.8, 4) is 6.07 Å². The summed E-state index contributed by atoms with van der Waals surface area (Å²) in [4.78, 5) is 40.0. The minimum Gasteiger partial charge on any atom is -0.465 e. The van der Waals surface area contributed by atoms with E-state index in [9.17, 15) is 25.0 Å². The zero-order valence-corrected chi connectivity index (χ0v) is 21.2. The van der Waals surface area contributed by atoms with Crippen molar-refractivity contribution in [3.05, 3.63) is 78.6 Å². The zero-order valence-electron chi connectivity index (χ0n) is 20.4. The van der Waals surface area contributed by atoms with Gasteiger partial charge in [-0.2, -0.15) is 5.26 Å². The lowest BCUT2D eigenvalue weighted by Gasteiger charge is -2.39. The first-order valence-corrected chi connectivity index (χ1v) is 13.1. The summed E-state index contributed by atoms with van der Waals surface area (Å²) in [7, 11) is 1.35. The number of allylic oxidation sites excluding steroid dienone is 3. The topological polar surface area (TPSA) is 140 Å². The number of ether oxygens (including phenoxy) is 1. The van der Waals surface area contributed by atoms with Gasteiger partial charge in [0, 0.05) is 34.7 Å². The Hall–Kier alpha value is -3.97. The predicted molar refractivity (Wildman–Crippen MR) is 138 cm³/mol. The van der Waals surface area contributed by atoms with E-state index in [1.807, 2.05) is 0 Å². The second-order valence-electron chi connectivity index (χ2n) is 9.40. The van der Waals surface area contributed by atoms with Crippen LogP contribution in [0.4, 0.5) is 10.7 Å². The van der Waals surface area contributed by atoms with Crippen molar-refractivity contribution < 1.29 is 19.2 Å². The number of nitrogens with zero attached hydrogens (tertiary/aromatic N) is 3. The molecule has 5 rings (SSSR count). The van der Waals surface area contributed by atoms with E-state index in [-0.39, 0.29) is 22.9 Å². The van der Waals surface area contributed by atoms with E-state index in [0.717, 1.165) is 42.5 Å². The number of hydrogen-bond acceptors (Lipinski definition) is 9. The SMILES string of the molecule is COC(=O)c1c(N2C(N)=C(C#N)C(c3ccc([N+](=O)[O-])cc3)C3=C2CCCC3=O)sc2c1CCCCC2. The molecule has 0 saturated heterocycles. The number of nitrogens with two attached hydrogens (primary N) is 1. The number of hydrogen-bond donors (Lipinski definition) is 1. The van der Waals surface area contributed by atoms with Gasteiger partial charge in [0.1, 0.15) is 10.8 Å². The van der Waals surface area contributed by atoms with E-state index in [0.29, 0.717) is 46.7 Å². The van der Waals surface area contributed by atoms with Crippen molar-refractivity contribution in [2.24, 2.45) is 5.73 Å². The Morgan fingerprint density at radius 3 is 2.57 bits per heavy atom. The van der Waals surface area contributed by atoms with Crippen LogP contribution < -0.4 is 10.6 Å². The molecule has 0 amide bonds. The van der Waals surface area contributed by atoms with E-state index in [2.05, 4.69) is 6.07 Å². The normalized spacial score (nSPS) is 19.6. The van der Waals surface area contributed by atoms with Gasteiger partial charge in [-0.05, 0) is 49.7 Å². The molecule has 1 aromatic carbocycles. The molecule has 10 heteroatoms. The number of ketones is 1. The molecule has 190 valence electrons. The number of aryl methyl sites for hydroxylation is 1. The Morgan fingerprint density at radius 1 is 1.16 bits per heavy atom. The molecule has 3 aliphatic rings. The van der Waals surface area contributed by atoms with Gasteiger partial charge in [0.2, 0.25) is 0 Å². The first-order chi connectivity index (χ1) is 17.9. The number of nitro groups is 1. The van der Waals surface area contributed by atoms with Crippen molar-refractivity contribution >= 4 is 33.8 Å². The van der Waals surface area contributed by atoms with E-state index in [4.69, 9.17) is 10.5 Å². The lowest BCUT2D eigenvalue weighted by Crippen LogP contribution is -2.39. The quantitative estimate of drug-likeness (QED) is 0.258. The Morgan fingerprint density at radius 2 is 1.89 bits per heavy atom. The summed E-state index contributed by atoms with van der Waals surface area (Å²) in [6, 6.07) is 8.09.